The van der Waals surface area contributed by atoms with Gasteiger partial charge in [0.05, 0.1) is 11.9 Å². The number of rotatable bonds is 10. The van der Waals surface area contributed by atoms with Crippen LogP contribution in [0, 0.1) is 12.7 Å². The molecule has 6 nitrogen and oxygen atoms in total. The highest BCUT2D eigenvalue weighted by Crippen LogP contribution is 2.29. The monoisotopic (exact) mass is 501 g/mol. The quantitative estimate of drug-likeness (QED) is 0.273. The van der Waals surface area contributed by atoms with Gasteiger partial charge < -0.3 is 5.32 Å². The molecule has 1 aromatic carbocycles. The van der Waals surface area contributed by atoms with Crippen molar-refractivity contribution in [1.82, 2.24) is 10.3 Å². The summed E-state index contributed by atoms with van der Waals surface area (Å²) in [6.07, 6.45) is 1.70. The lowest BCUT2D eigenvalue weighted by Crippen LogP contribution is -2.20. The number of carbonyl (C=O) groups excluding carboxylic acids is 1. The average molecular weight is 502 g/mol. The summed E-state index contributed by atoms with van der Waals surface area (Å²) in [7, 11) is -3.65. The Labute approximate surface area is 196 Å². The number of halogens is 4. The Balaban J connectivity index is 2.11. The summed E-state index contributed by atoms with van der Waals surface area (Å²) in [5, 5.41) is 2.57. The molecule has 0 saturated heterocycles. The number of amides is 1. The third kappa shape index (κ3) is 8.44. The van der Waals surface area contributed by atoms with E-state index >= 15 is 0 Å². The molecule has 0 radical (unpaired) electrons. The fraction of sp³-hybridized carbons (Fsp3) is 0.391. The predicted octanol–water partition coefficient (Wildman–Crippen LogP) is 4.98. The molecule has 0 aliphatic carbocycles. The lowest BCUT2D eigenvalue weighted by molar-refractivity contribution is -0.141. The number of aryl methyl sites for hydroxylation is 2. The standard InChI is InChI=1S/C23H27F4N3O3S/c1-4-5-6-7-19-17(8-10-20(29-19)23(25,26)27)9-11-21(31)28-14-16-12-15(2)22(18(24)13-16)30-34(3,32)33/h8-13,30H,4-7,14H2,1-3H3,(H,28,31). The fourth-order valence-corrected chi connectivity index (χ4v) is 3.84. The first-order valence-corrected chi connectivity index (χ1v) is 12.5. The zero-order valence-corrected chi connectivity index (χ0v) is 19.9. The highest BCUT2D eigenvalue weighted by Gasteiger charge is 2.32. The van der Waals surface area contributed by atoms with Gasteiger partial charge in [-0.2, -0.15) is 13.2 Å². The molecular formula is C23H27F4N3O3S. The van der Waals surface area contributed by atoms with Gasteiger partial charge in [-0.25, -0.2) is 17.8 Å². The summed E-state index contributed by atoms with van der Waals surface area (Å²) in [6.45, 7) is 3.47. The normalized spacial score (nSPS) is 12.2. The molecule has 0 spiro atoms. The molecule has 2 aromatic rings. The van der Waals surface area contributed by atoms with Gasteiger partial charge in [0.2, 0.25) is 15.9 Å². The SMILES string of the molecule is CCCCCc1nc(C(F)(F)F)ccc1C=CC(=O)NCc1cc(C)c(NS(C)(=O)=O)c(F)c1. The molecule has 1 amide bonds. The van der Waals surface area contributed by atoms with Crippen LogP contribution >= 0.6 is 0 Å². The molecule has 0 atom stereocenters. The maximum atomic E-state index is 14.3. The van der Waals surface area contributed by atoms with Gasteiger partial charge in [-0.1, -0.05) is 31.9 Å². The van der Waals surface area contributed by atoms with Crippen LogP contribution < -0.4 is 10.0 Å². The van der Waals surface area contributed by atoms with E-state index in [1.165, 1.54) is 31.2 Å². The smallest absolute Gasteiger partial charge is 0.348 e. The zero-order chi connectivity index (χ0) is 25.5. The number of nitrogens with zero attached hydrogens (tertiary/aromatic N) is 1. The van der Waals surface area contributed by atoms with Crippen molar-refractivity contribution in [2.24, 2.45) is 0 Å². The summed E-state index contributed by atoms with van der Waals surface area (Å²) < 4.78 is 78.2. The van der Waals surface area contributed by atoms with Crippen molar-refractivity contribution in [3.05, 3.63) is 64.2 Å². The minimum Gasteiger partial charge on any atom is -0.348 e. The number of anilines is 1. The fourth-order valence-electron chi connectivity index (χ4n) is 3.21. The number of carbonyl (C=O) groups is 1. The topological polar surface area (TPSA) is 88.2 Å². The van der Waals surface area contributed by atoms with Gasteiger partial charge in [0.15, 0.2) is 0 Å². The van der Waals surface area contributed by atoms with E-state index in [0.717, 1.165) is 31.2 Å². The van der Waals surface area contributed by atoms with E-state index in [9.17, 15) is 30.8 Å². The predicted molar refractivity (Wildman–Crippen MR) is 123 cm³/mol. The maximum absolute atomic E-state index is 14.3. The Morgan fingerprint density at radius 1 is 1.18 bits per heavy atom. The van der Waals surface area contributed by atoms with Crippen LogP contribution in [0.1, 0.15) is 54.3 Å². The Kier molecular flexibility index (Phi) is 9.20. The van der Waals surface area contributed by atoms with Gasteiger partial charge in [0, 0.05) is 18.3 Å². The van der Waals surface area contributed by atoms with E-state index in [4.69, 9.17) is 0 Å². The van der Waals surface area contributed by atoms with E-state index in [2.05, 4.69) is 15.0 Å². The number of hydrogen-bond donors (Lipinski definition) is 2. The highest BCUT2D eigenvalue weighted by molar-refractivity contribution is 7.92. The average Bonchev–Trinajstić information content (AvgIpc) is 2.72. The molecule has 0 aliphatic rings. The minimum absolute atomic E-state index is 0.0330. The molecule has 0 aliphatic heterocycles. The maximum Gasteiger partial charge on any atom is 0.433 e. The minimum atomic E-state index is -4.56. The molecule has 0 unspecified atom stereocenters. The number of hydrogen-bond acceptors (Lipinski definition) is 4. The molecule has 2 rings (SSSR count). The molecule has 0 fully saturated rings. The van der Waals surface area contributed by atoms with E-state index in [1.807, 2.05) is 6.92 Å². The second kappa shape index (κ2) is 11.5. The third-order valence-electron chi connectivity index (χ3n) is 4.83. The first kappa shape index (κ1) is 27.3. The molecule has 0 bridgehead atoms. The molecular weight excluding hydrogens is 474 g/mol. The summed E-state index contributed by atoms with van der Waals surface area (Å²) in [5.41, 5.74) is 0.288. The lowest BCUT2D eigenvalue weighted by atomic mass is 10.1. The number of nitrogens with one attached hydrogen (secondary N) is 2. The molecule has 1 aromatic heterocycles. The van der Waals surface area contributed by atoms with Crippen molar-refractivity contribution in [3.63, 3.8) is 0 Å². The van der Waals surface area contributed by atoms with E-state index in [1.54, 1.807) is 0 Å². The molecule has 186 valence electrons. The highest BCUT2D eigenvalue weighted by atomic mass is 32.2. The zero-order valence-electron chi connectivity index (χ0n) is 19.1. The molecule has 2 N–H and O–H groups in total. The summed E-state index contributed by atoms with van der Waals surface area (Å²) in [5.74, 6) is -1.31. The number of aromatic nitrogens is 1. The second-order valence-electron chi connectivity index (χ2n) is 7.88. The number of unbranched alkanes of at least 4 members (excludes halogenated alkanes) is 2. The van der Waals surface area contributed by atoms with Crippen LogP contribution in [0.25, 0.3) is 6.08 Å². The van der Waals surface area contributed by atoms with Crippen LogP contribution in [-0.4, -0.2) is 25.6 Å². The van der Waals surface area contributed by atoms with Crippen LogP contribution in [0.5, 0.6) is 0 Å². The Bertz CT molecular complexity index is 1140. The Morgan fingerprint density at radius 3 is 2.47 bits per heavy atom. The molecule has 0 saturated carbocycles. The molecule has 11 heteroatoms. The van der Waals surface area contributed by atoms with Crippen LogP contribution in [0.3, 0.4) is 0 Å². The van der Waals surface area contributed by atoms with Gasteiger partial charge >= 0.3 is 6.18 Å². The molecule has 1 heterocycles. The Hall–Kier alpha value is -2.95. The van der Waals surface area contributed by atoms with Crippen molar-refractivity contribution in [2.75, 3.05) is 11.0 Å². The van der Waals surface area contributed by atoms with Crippen molar-refractivity contribution in [2.45, 2.75) is 52.3 Å². The number of sulfonamides is 1. The lowest BCUT2D eigenvalue weighted by Gasteiger charge is -2.12. The number of pyridine rings is 1. The van der Waals surface area contributed by atoms with Crippen LogP contribution in [0.15, 0.2) is 30.3 Å². The number of benzene rings is 1. The van der Waals surface area contributed by atoms with Gasteiger partial charge in [-0.3, -0.25) is 9.52 Å². The van der Waals surface area contributed by atoms with Gasteiger partial charge in [0.25, 0.3) is 0 Å². The van der Waals surface area contributed by atoms with E-state index in [0.29, 0.717) is 29.5 Å². The molecule has 34 heavy (non-hydrogen) atoms. The van der Waals surface area contributed by atoms with Crippen molar-refractivity contribution < 1.29 is 30.8 Å². The van der Waals surface area contributed by atoms with Crippen molar-refractivity contribution >= 4 is 27.7 Å². The van der Waals surface area contributed by atoms with Crippen LogP contribution in [0.4, 0.5) is 23.2 Å². The van der Waals surface area contributed by atoms with Gasteiger partial charge in [-0.05, 0) is 54.7 Å². The summed E-state index contributed by atoms with van der Waals surface area (Å²) in [4.78, 5) is 16.0. The number of alkyl halides is 3. The second-order valence-corrected chi connectivity index (χ2v) is 9.63. The first-order valence-electron chi connectivity index (χ1n) is 10.6. The van der Waals surface area contributed by atoms with Crippen LogP contribution in [-0.2, 0) is 34.0 Å². The summed E-state index contributed by atoms with van der Waals surface area (Å²) >= 11 is 0. The van der Waals surface area contributed by atoms with E-state index in [-0.39, 0.29) is 17.9 Å². The summed E-state index contributed by atoms with van der Waals surface area (Å²) in [6, 6.07) is 4.80. The first-order chi connectivity index (χ1) is 15.8. The van der Waals surface area contributed by atoms with Gasteiger partial charge in [0.1, 0.15) is 11.5 Å². The van der Waals surface area contributed by atoms with E-state index < -0.39 is 33.6 Å². The third-order valence-corrected chi connectivity index (χ3v) is 5.41. The van der Waals surface area contributed by atoms with Crippen LogP contribution in [0.2, 0.25) is 0 Å². The van der Waals surface area contributed by atoms with Gasteiger partial charge in [-0.15, -0.1) is 0 Å². The van der Waals surface area contributed by atoms with Crippen molar-refractivity contribution in [1.29, 1.82) is 0 Å². The largest absolute Gasteiger partial charge is 0.433 e. The Morgan fingerprint density at radius 2 is 1.88 bits per heavy atom. The van der Waals surface area contributed by atoms with Crippen molar-refractivity contribution in [3.8, 4) is 0 Å².